The molecule has 5 heteroatoms. The molecule has 1 amide bonds. The molecule has 0 aliphatic carbocycles. The number of rotatable bonds is 3. The zero-order valence-corrected chi connectivity index (χ0v) is 14.0. The van der Waals surface area contributed by atoms with E-state index < -0.39 is 0 Å². The molecule has 2 aromatic rings. The molecular formula is C19H18ClN3O. The molecule has 24 heavy (non-hydrogen) atoms. The maximum Gasteiger partial charge on any atom is 0.254 e. The molecule has 0 spiro atoms. The van der Waals surface area contributed by atoms with Crippen molar-refractivity contribution < 1.29 is 4.79 Å². The van der Waals surface area contributed by atoms with E-state index in [1.54, 1.807) is 12.1 Å². The zero-order valence-electron chi connectivity index (χ0n) is 13.2. The Balaban J connectivity index is 1.91. The fourth-order valence-electron chi connectivity index (χ4n) is 3.30. The summed E-state index contributed by atoms with van der Waals surface area (Å²) in [4.78, 5) is 18.7. The van der Waals surface area contributed by atoms with E-state index in [9.17, 15) is 10.1 Å². The molecule has 2 heterocycles. The van der Waals surface area contributed by atoms with Gasteiger partial charge in [-0.3, -0.25) is 4.79 Å². The first-order chi connectivity index (χ1) is 11.7. The van der Waals surface area contributed by atoms with Gasteiger partial charge in [-0.15, -0.1) is 0 Å². The summed E-state index contributed by atoms with van der Waals surface area (Å²) in [5.41, 5.74) is 1.48. The maximum absolute atomic E-state index is 12.9. The summed E-state index contributed by atoms with van der Waals surface area (Å²) in [5, 5.41) is 10.0. The lowest BCUT2D eigenvalue weighted by Crippen LogP contribution is -2.46. The predicted molar refractivity (Wildman–Crippen MR) is 92.7 cm³/mol. The van der Waals surface area contributed by atoms with Gasteiger partial charge in [0.05, 0.1) is 18.0 Å². The van der Waals surface area contributed by atoms with E-state index in [2.05, 4.69) is 11.1 Å². The zero-order chi connectivity index (χ0) is 16.9. The Labute approximate surface area is 146 Å². The van der Waals surface area contributed by atoms with Crippen LogP contribution in [-0.4, -0.2) is 28.4 Å². The second-order valence-corrected chi connectivity index (χ2v) is 6.33. The number of hydrogen-bond acceptors (Lipinski definition) is 3. The van der Waals surface area contributed by atoms with E-state index in [0.29, 0.717) is 17.3 Å². The highest BCUT2D eigenvalue weighted by molar-refractivity contribution is 6.29. The second kappa shape index (κ2) is 7.46. The Morgan fingerprint density at radius 3 is 2.79 bits per heavy atom. The largest absolute Gasteiger partial charge is 0.334 e. The number of benzene rings is 1. The van der Waals surface area contributed by atoms with Gasteiger partial charge in [-0.1, -0.05) is 41.9 Å². The van der Waals surface area contributed by atoms with Crippen molar-refractivity contribution in [3.8, 4) is 6.07 Å². The normalized spacial score (nSPS) is 18.7. The van der Waals surface area contributed by atoms with Crippen molar-refractivity contribution in [3.05, 3.63) is 64.9 Å². The lowest BCUT2D eigenvalue weighted by atomic mass is 9.86. The van der Waals surface area contributed by atoms with Gasteiger partial charge in [-0.05, 0) is 37.0 Å². The van der Waals surface area contributed by atoms with Crippen molar-refractivity contribution in [1.82, 2.24) is 9.88 Å². The molecule has 0 unspecified atom stereocenters. The number of halogens is 1. The fraction of sp³-hybridized carbons (Fsp3) is 0.316. The summed E-state index contributed by atoms with van der Waals surface area (Å²) in [6.07, 6.45) is 4.34. The molecule has 1 aromatic heterocycles. The van der Waals surface area contributed by atoms with Crippen molar-refractivity contribution in [1.29, 1.82) is 5.26 Å². The number of pyridine rings is 1. The highest BCUT2D eigenvalue weighted by atomic mass is 35.5. The summed E-state index contributed by atoms with van der Waals surface area (Å²) in [6, 6.07) is 15.2. The summed E-state index contributed by atoms with van der Waals surface area (Å²) in [6.45, 7) is 0.661. The van der Waals surface area contributed by atoms with Crippen molar-refractivity contribution in [2.45, 2.75) is 31.2 Å². The molecule has 2 atom stereocenters. The van der Waals surface area contributed by atoms with Gasteiger partial charge < -0.3 is 4.90 Å². The van der Waals surface area contributed by atoms with Crippen LogP contribution >= 0.6 is 11.6 Å². The van der Waals surface area contributed by atoms with Gasteiger partial charge in [0, 0.05) is 18.3 Å². The minimum absolute atomic E-state index is 0.0832. The summed E-state index contributed by atoms with van der Waals surface area (Å²) in [7, 11) is 0. The second-order valence-electron chi connectivity index (χ2n) is 5.95. The van der Waals surface area contributed by atoms with Gasteiger partial charge >= 0.3 is 0 Å². The number of aromatic nitrogens is 1. The van der Waals surface area contributed by atoms with Crippen LogP contribution in [0.2, 0.25) is 5.15 Å². The fourth-order valence-corrected chi connectivity index (χ4v) is 3.47. The molecule has 0 bridgehead atoms. The summed E-state index contributed by atoms with van der Waals surface area (Å²) in [5.74, 6) is -0.409. The van der Waals surface area contributed by atoms with Gasteiger partial charge in [-0.25, -0.2) is 4.98 Å². The highest BCUT2D eigenvalue weighted by Crippen LogP contribution is 2.31. The van der Waals surface area contributed by atoms with E-state index in [0.717, 1.165) is 24.8 Å². The molecule has 0 radical (unpaired) electrons. The van der Waals surface area contributed by atoms with Gasteiger partial charge in [0.25, 0.3) is 5.91 Å². The average Bonchev–Trinajstić information content (AvgIpc) is 2.63. The minimum atomic E-state index is -0.326. The standard InChI is InChI=1S/C19H18ClN3O/c20-18-12-15(9-10-22-18)19(24)23-11-5-4-8-17(23)16(13-21)14-6-2-1-3-7-14/h1-3,6-7,9-10,12,16-17H,4-5,8,11H2/t16-,17+/m0/s1. The lowest BCUT2D eigenvalue weighted by molar-refractivity contribution is 0.0596. The molecule has 1 saturated heterocycles. The number of carbonyl (C=O) groups excluding carboxylic acids is 1. The molecule has 1 aromatic carbocycles. The van der Waals surface area contributed by atoms with Crippen LogP contribution in [0.25, 0.3) is 0 Å². The molecule has 0 saturated carbocycles. The molecule has 4 nitrogen and oxygen atoms in total. The monoisotopic (exact) mass is 339 g/mol. The highest BCUT2D eigenvalue weighted by Gasteiger charge is 2.34. The summed E-state index contributed by atoms with van der Waals surface area (Å²) < 4.78 is 0. The molecule has 3 rings (SSSR count). The molecule has 0 N–H and O–H groups in total. The number of piperidine rings is 1. The van der Waals surface area contributed by atoms with Crippen LogP contribution in [0.15, 0.2) is 48.7 Å². The Hall–Kier alpha value is -2.38. The van der Waals surface area contributed by atoms with Crippen LogP contribution in [0.4, 0.5) is 0 Å². The van der Waals surface area contributed by atoms with Crippen LogP contribution in [0.3, 0.4) is 0 Å². The number of carbonyl (C=O) groups is 1. The number of hydrogen-bond donors (Lipinski definition) is 0. The molecule has 1 aliphatic rings. The van der Waals surface area contributed by atoms with Crippen LogP contribution < -0.4 is 0 Å². The van der Waals surface area contributed by atoms with Gasteiger partial charge in [0.15, 0.2) is 0 Å². The van der Waals surface area contributed by atoms with Gasteiger partial charge in [0.2, 0.25) is 0 Å². The van der Waals surface area contributed by atoms with Crippen molar-refractivity contribution in [2.24, 2.45) is 0 Å². The Morgan fingerprint density at radius 1 is 1.29 bits per heavy atom. The number of nitrogens with zero attached hydrogens (tertiary/aromatic N) is 3. The van der Waals surface area contributed by atoms with Crippen LogP contribution in [0.5, 0.6) is 0 Å². The predicted octanol–water partition coefficient (Wildman–Crippen LogP) is 4.04. The van der Waals surface area contributed by atoms with E-state index in [-0.39, 0.29) is 17.9 Å². The van der Waals surface area contributed by atoms with E-state index >= 15 is 0 Å². The number of nitriles is 1. The number of likely N-dealkylation sites (tertiary alicyclic amines) is 1. The van der Waals surface area contributed by atoms with Gasteiger partial charge in [0.1, 0.15) is 5.15 Å². The third kappa shape index (κ3) is 3.42. The van der Waals surface area contributed by atoms with Crippen molar-refractivity contribution in [2.75, 3.05) is 6.54 Å². The smallest absolute Gasteiger partial charge is 0.254 e. The third-order valence-corrected chi connectivity index (χ3v) is 4.67. The maximum atomic E-state index is 12.9. The van der Waals surface area contributed by atoms with Crippen molar-refractivity contribution in [3.63, 3.8) is 0 Å². The third-order valence-electron chi connectivity index (χ3n) is 4.47. The average molecular weight is 340 g/mol. The molecular weight excluding hydrogens is 322 g/mol. The first-order valence-electron chi connectivity index (χ1n) is 8.08. The van der Waals surface area contributed by atoms with Crippen LogP contribution in [-0.2, 0) is 0 Å². The Kier molecular flexibility index (Phi) is 5.12. The molecule has 122 valence electrons. The van der Waals surface area contributed by atoms with Crippen LogP contribution in [0.1, 0.15) is 41.1 Å². The molecule has 1 fully saturated rings. The van der Waals surface area contributed by atoms with E-state index in [4.69, 9.17) is 11.6 Å². The SMILES string of the molecule is N#C[C@@H](c1ccccc1)[C@H]1CCCCN1C(=O)c1ccnc(Cl)c1. The Morgan fingerprint density at radius 2 is 2.08 bits per heavy atom. The minimum Gasteiger partial charge on any atom is -0.334 e. The van der Waals surface area contributed by atoms with Gasteiger partial charge in [-0.2, -0.15) is 5.26 Å². The number of amides is 1. The molecule has 1 aliphatic heterocycles. The summed E-state index contributed by atoms with van der Waals surface area (Å²) >= 11 is 5.92. The van der Waals surface area contributed by atoms with E-state index in [1.165, 1.54) is 6.20 Å². The first kappa shape index (κ1) is 16.5. The lowest BCUT2D eigenvalue weighted by Gasteiger charge is -2.38. The van der Waals surface area contributed by atoms with Crippen molar-refractivity contribution >= 4 is 17.5 Å². The van der Waals surface area contributed by atoms with E-state index in [1.807, 2.05) is 35.2 Å². The Bertz CT molecular complexity index is 757. The topological polar surface area (TPSA) is 57.0 Å². The first-order valence-corrected chi connectivity index (χ1v) is 8.45. The quantitative estimate of drug-likeness (QED) is 0.793. The van der Waals surface area contributed by atoms with Crippen LogP contribution in [0, 0.1) is 11.3 Å².